The summed E-state index contributed by atoms with van der Waals surface area (Å²) in [6.07, 6.45) is 3.15. The average molecular weight is 217 g/mol. The Morgan fingerprint density at radius 2 is 2.00 bits per heavy atom. The zero-order chi connectivity index (χ0) is 8.85. The van der Waals surface area contributed by atoms with Crippen LogP contribution < -0.4 is 0 Å². The van der Waals surface area contributed by atoms with Crippen molar-refractivity contribution in [2.24, 2.45) is 0 Å². The van der Waals surface area contributed by atoms with E-state index in [0.29, 0.717) is 10.1 Å². The highest BCUT2D eigenvalue weighted by atomic mass is 79.9. The first-order valence-corrected chi connectivity index (χ1v) is 3.67. The Kier molecular flexibility index (Phi) is 4.54. The van der Waals surface area contributed by atoms with Gasteiger partial charge in [0.2, 0.25) is 0 Å². The van der Waals surface area contributed by atoms with Crippen molar-refractivity contribution in [2.75, 3.05) is 7.11 Å². The molecule has 0 aromatic heterocycles. The highest BCUT2D eigenvalue weighted by Crippen LogP contribution is 2.04. The second-order valence-corrected chi connectivity index (χ2v) is 2.82. The van der Waals surface area contributed by atoms with E-state index in [-0.39, 0.29) is 0 Å². The summed E-state index contributed by atoms with van der Waals surface area (Å²) in [4.78, 5) is 10.7. The summed E-state index contributed by atoms with van der Waals surface area (Å²) in [5.41, 5.74) is 0.299. The number of halogens is 1. The summed E-state index contributed by atoms with van der Waals surface area (Å²) in [6, 6.07) is 0. The lowest BCUT2D eigenvalue weighted by atomic mass is 10.3. The van der Waals surface area contributed by atoms with Gasteiger partial charge in [0.05, 0.1) is 12.7 Å². The van der Waals surface area contributed by atoms with Crippen molar-refractivity contribution in [1.82, 2.24) is 0 Å². The molecule has 0 bridgehead atoms. The van der Waals surface area contributed by atoms with Crippen LogP contribution in [-0.2, 0) is 9.53 Å². The van der Waals surface area contributed by atoms with Crippen LogP contribution in [0, 0.1) is 0 Å². The monoisotopic (exact) mass is 216 g/mol. The van der Waals surface area contributed by atoms with Gasteiger partial charge in [-0.2, -0.15) is 0 Å². The van der Waals surface area contributed by atoms with Crippen LogP contribution in [0.3, 0.4) is 0 Å². The molecule has 2 nitrogen and oxygen atoms in total. The third-order valence-electron chi connectivity index (χ3n) is 0.913. The molecule has 0 saturated heterocycles. The van der Waals surface area contributed by atoms with Gasteiger partial charge >= 0.3 is 5.97 Å². The molecule has 60 valence electrons. The molecule has 11 heavy (non-hydrogen) atoms. The van der Waals surface area contributed by atoms with E-state index in [1.807, 2.05) is 0 Å². The van der Waals surface area contributed by atoms with Crippen molar-refractivity contribution < 1.29 is 9.53 Å². The van der Waals surface area contributed by atoms with Gasteiger partial charge < -0.3 is 4.74 Å². The van der Waals surface area contributed by atoms with E-state index in [1.165, 1.54) is 13.2 Å². The van der Waals surface area contributed by atoms with E-state index in [0.717, 1.165) is 0 Å². The molecule has 0 atom stereocenters. The fourth-order valence-electron chi connectivity index (χ4n) is 0.390. The van der Waals surface area contributed by atoms with Crippen molar-refractivity contribution in [3.05, 3.63) is 35.4 Å². The number of allylic oxidation sites excluding steroid dienone is 2. The third kappa shape index (κ3) is 4.56. The van der Waals surface area contributed by atoms with Crippen molar-refractivity contribution in [3.8, 4) is 0 Å². The van der Waals surface area contributed by atoms with Gasteiger partial charge in [-0.25, -0.2) is 4.79 Å². The number of esters is 1. The minimum absolute atomic E-state index is 0.299. The number of carbonyl (C=O) groups is 1. The Morgan fingerprint density at radius 1 is 1.45 bits per heavy atom. The zero-order valence-corrected chi connectivity index (χ0v) is 7.85. The molecule has 0 heterocycles. The Morgan fingerprint density at radius 3 is 2.36 bits per heavy atom. The predicted molar refractivity (Wildman–Crippen MR) is 48.4 cm³/mol. The zero-order valence-electron chi connectivity index (χ0n) is 6.26. The summed E-state index contributed by atoms with van der Waals surface area (Å²) in [7, 11) is 1.31. The molecule has 0 unspecified atom stereocenters. The first kappa shape index (κ1) is 10.2. The van der Waals surface area contributed by atoms with E-state index in [1.54, 1.807) is 6.08 Å². The first-order chi connectivity index (χ1) is 5.07. The fraction of sp³-hybridized carbons (Fsp3) is 0.125. The van der Waals surface area contributed by atoms with E-state index >= 15 is 0 Å². The van der Waals surface area contributed by atoms with Crippen LogP contribution in [0.25, 0.3) is 0 Å². The van der Waals surface area contributed by atoms with Gasteiger partial charge in [0.25, 0.3) is 0 Å². The van der Waals surface area contributed by atoms with Crippen LogP contribution in [0.5, 0.6) is 0 Å². The van der Waals surface area contributed by atoms with E-state index in [4.69, 9.17) is 0 Å². The Labute approximate surface area is 74.4 Å². The maximum Gasteiger partial charge on any atom is 0.337 e. The van der Waals surface area contributed by atoms with Crippen molar-refractivity contribution in [3.63, 3.8) is 0 Å². The van der Waals surface area contributed by atoms with Crippen LogP contribution in [0.4, 0.5) is 0 Å². The summed E-state index contributed by atoms with van der Waals surface area (Å²) >= 11 is 3.10. The van der Waals surface area contributed by atoms with E-state index in [2.05, 4.69) is 33.8 Å². The summed E-state index contributed by atoms with van der Waals surface area (Å²) in [5, 5.41) is 0. The summed E-state index contributed by atoms with van der Waals surface area (Å²) in [5.74, 6) is -0.435. The number of carbonyl (C=O) groups excluding carboxylic acids is 1. The predicted octanol–water partition coefficient (Wildman–Crippen LogP) is 2.18. The molecule has 0 fully saturated rings. The van der Waals surface area contributed by atoms with Crippen LogP contribution in [0.1, 0.15) is 0 Å². The second-order valence-electron chi connectivity index (χ2n) is 1.80. The number of ether oxygens (including phenoxy) is 1. The average Bonchev–Trinajstić information content (AvgIpc) is 1.98. The van der Waals surface area contributed by atoms with Gasteiger partial charge in [0, 0.05) is 4.48 Å². The molecule has 0 aliphatic heterocycles. The van der Waals surface area contributed by atoms with E-state index in [9.17, 15) is 4.79 Å². The molecule has 0 aliphatic rings. The fourth-order valence-corrected chi connectivity index (χ4v) is 0.522. The maximum atomic E-state index is 10.7. The molecule has 0 radical (unpaired) electrons. The van der Waals surface area contributed by atoms with Crippen LogP contribution in [0.15, 0.2) is 35.4 Å². The molecule has 0 spiro atoms. The molecule has 0 N–H and O–H groups in total. The number of rotatable bonds is 3. The lowest BCUT2D eigenvalue weighted by Crippen LogP contribution is -2.00. The van der Waals surface area contributed by atoms with Gasteiger partial charge in [-0.1, -0.05) is 29.1 Å². The molecule has 0 aliphatic carbocycles. The van der Waals surface area contributed by atoms with Crippen molar-refractivity contribution >= 4 is 21.9 Å². The minimum Gasteiger partial charge on any atom is -0.465 e. The summed E-state index contributed by atoms with van der Waals surface area (Å²) < 4.78 is 5.09. The third-order valence-corrected chi connectivity index (χ3v) is 1.18. The van der Waals surface area contributed by atoms with Crippen molar-refractivity contribution in [2.45, 2.75) is 0 Å². The van der Waals surface area contributed by atoms with Crippen LogP contribution in [0.2, 0.25) is 0 Å². The Hall–Kier alpha value is -0.830. The second kappa shape index (κ2) is 4.91. The molecule has 0 amide bonds. The normalized spacial score (nSPS) is 9.64. The first-order valence-electron chi connectivity index (χ1n) is 2.87. The molecule has 0 rings (SSSR count). The van der Waals surface area contributed by atoms with Gasteiger partial charge in [0.1, 0.15) is 0 Å². The van der Waals surface area contributed by atoms with Gasteiger partial charge in [-0.15, -0.1) is 0 Å². The standard InChI is InChI=1S/C8H9BrO2/c1-6(8(10)11-3)4-5-7(2)9/h4-5H,1-2H2,3H3/b5-4-. The molecular formula is C8H9BrO2. The minimum atomic E-state index is -0.435. The SMILES string of the molecule is C=C(Br)/C=C\C(=C)C(=O)OC. The quantitative estimate of drug-likeness (QED) is 0.411. The van der Waals surface area contributed by atoms with Crippen molar-refractivity contribution in [1.29, 1.82) is 0 Å². The van der Waals surface area contributed by atoms with E-state index < -0.39 is 5.97 Å². The molecule has 0 aromatic rings. The highest BCUT2D eigenvalue weighted by molar-refractivity contribution is 9.11. The molecule has 3 heteroatoms. The topological polar surface area (TPSA) is 26.3 Å². The molecular weight excluding hydrogens is 208 g/mol. The number of hydrogen-bond acceptors (Lipinski definition) is 2. The largest absolute Gasteiger partial charge is 0.465 e. The lowest BCUT2D eigenvalue weighted by Gasteiger charge is -1.95. The Balaban J connectivity index is 4.08. The molecule has 0 saturated carbocycles. The number of methoxy groups -OCH3 is 1. The maximum absolute atomic E-state index is 10.7. The summed E-state index contributed by atoms with van der Waals surface area (Å²) in [6.45, 7) is 7.02. The smallest absolute Gasteiger partial charge is 0.337 e. The molecule has 0 aromatic carbocycles. The number of hydrogen-bond donors (Lipinski definition) is 0. The van der Waals surface area contributed by atoms with Gasteiger partial charge in [0.15, 0.2) is 0 Å². The van der Waals surface area contributed by atoms with Gasteiger partial charge in [-0.05, 0) is 12.2 Å². The van der Waals surface area contributed by atoms with Gasteiger partial charge in [-0.3, -0.25) is 0 Å². The van der Waals surface area contributed by atoms with Crippen LogP contribution in [-0.4, -0.2) is 13.1 Å². The lowest BCUT2D eigenvalue weighted by molar-refractivity contribution is -0.135. The highest BCUT2D eigenvalue weighted by Gasteiger charge is 2.00. The van der Waals surface area contributed by atoms with Crippen LogP contribution >= 0.6 is 15.9 Å². The Bertz CT molecular complexity index is 216.